The summed E-state index contributed by atoms with van der Waals surface area (Å²) < 4.78 is 0. The average Bonchev–Trinajstić information content (AvgIpc) is 2.14. The molecule has 0 aliphatic heterocycles. The first-order valence-electron chi connectivity index (χ1n) is 5.97. The second kappa shape index (κ2) is 8.25. The highest BCUT2D eigenvalue weighted by atomic mass is 16.3. The van der Waals surface area contributed by atoms with Crippen LogP contribution in [0.2, 0.25) is 0 Å². The molecule has 0 spiro atoms. The Morgan fingerprint density at radius 2 is 1.71 bits per heavy atom. The van der Waals surface area contributed by atoms with Crippen molar-refractivity contribution in [2.24, 2.45) is 5.92 Å². The molecular formula is C12H27NO. The van der Waals surface area contributed by atoms with Gasteiger partial charge in [0.15, 0.2) is 0 Å². The lowest BCUT2D eigenvalue weighted by Gasteiger charge is -2.22. The molecule has 86 valence electrons. The van der Waals surface area contributed by atoms with Gasteiger partial charge in [-0.25, -0.2) is 0 Å². The summed E-state index contributed by atoms with van der Waals surface area (Å²) in [6.07, 6.45) is 4.50. The lowest BCUT2D eigenvalue weighted by atomic mass is 10.0. The molecule has 2 atom stereocenters. The zero-order chi connectivity index (χ0) is 11.0. The molecule has 0 fully saturated rings. The van der Waals surface area contributed by atoms with Crippen LogP contribution in [-0.4, -0.2) is 23.8 Å². The third-order valence-corrected chi connectivity index (χ3v) is 2.67. The van der Waals surface area contributed by atoms with Gasteiger partial charge in [-0.05, 0) is 38.5 Å². The summed E-state index contributed by atoms with van der Waals surface area (Å²) in [5, 5.41) is 12.4. The zero-order valence-corrected chi connectivity index (χ0v) is 10.2. The molecule has 0 rings (SSSR count). The van der Waals surface area contributed by atoms with Crippen LogP contribution in [0.15, 0.2) is 0 Å². The lowest BCUT2D eigenvalue weighted by molar-refractivity contribution is 0.254. The second-order valence-electron chi connectivity index (χ2n) is 4.66. The van der Waals surface area contributed by atoms with Crippen molar-refractivity contribution in [3.8, 4) is 0 Å². The highest BCUT2D eigenvalue weighted by Crippen LogP contribution is 2.08. The minimum atomic E-state index is 0.294. The molecule has 0 aromatic heterocycles. The molecule has 0 heterocycles. The third kappa shape index (κ3) is 7.34. The molecular weight excluding hydrogens is 174 g/mol. The van der Waals surface area contributed by atoms with Gasteiger partial charge in [0.25, 0.3) is 0 Å². The monoisotopic (exact) mass is 201 g/mol. The summed E-state index contributed by atoms with van der Waals surface area (Å²) in [6, 6.07) is 1.07. The molecule has 0 saturated carbocycles. The minimum absolute atomic E-state index is 0.294. The predicted molar refractivity (Wildman–Crippen MR) is 62.5 cm³/mol. The Labute approximate surface area is 89.1 Å². The quantitative estimate of drug-likeness (QED) is 0.632. The Balaban J connectivity index is 3.61. The number of nitrogens with one attached hydrogen (secondary N) is 1. The first-order chi connectivity index (χ1) is 6.60. The van der Waals surface area contributed by atoms with E-state index in [0.29, 0.717) is 18.7 Å². The second-order valence-corrected chi connectivity index (χ2v) is 4.66. The first kappa shape index (κ1) is 13.9. The van der Waals surface area contributed by atoms with Gasteiger partial charge in [0, 0.05) is 18.7 Å². The molecule has 2 heteroatoms. The summed E-state index contributed by atoms with van der Waals surface area (Å²) in [5.41, 5.74) is 0. The van der Waals surface area contributed by atoms with E-state index in [1.807, 2.05) is 0 Å². The molecule has 14 heavy (non-hydrogen) atoms. The SMILES string of the molecule is CCC(CCO)NC(C)CCC(C)C. The summed E-state index contributed by atoms with van der Waals surface area (Å²) in [6.45, 7) is 9.23. The Hall–Kier alpha value is -0.0800. The van der Waals surface area contributed by atoms with Crippen LogP contribution in [-0.2, 0) is 0 Å². The van der Waals surface area contributed by atoms with Crippen molar-refractivity contribution in [3.63, 3.8) is 0 Å². The van der Waals surface area contributed by atoms with E-state index >= 15 is 0 Å². The molecule has 0 aromatic carbocycles. The molecule has 0 radical (unpaired) electrons. The fraction of sp³-hybridized carbons (Fsp3) is 1.00. The number of aliphatic hydroxyl groups is 1. The summed E-state index contributed by atoms with van der Waals surface area (Å²) in [5.74, 6) is 0.789. The van der Waals surface area contributed by atoms with Crippen molar-refractivity contribution in [1.29, 1.82) is 0 Å². The third-order valence-electron chi connectivity index (χ3n) is 2.67. The molecule has 0 bridgehead atoms. The van der Waals surface area contributed by atoms with Gasteiger partial charge >= 0.3 is 0 Å². The standard InChI is InChI=1S/C12H27NO/c1-5-12(8-9-14)13-11(4)7-6-10(2)3/h10-14H,5-9H2,1-4H3. The Kier molecular flexibility index (Phi) is 8.20. The lowest BCUT2D eigenvalue weighted by Crippen LogP contribution is -2.36. The highest BCUT2D eigenvalue weighted by molar-refractivity contribution is 4.70. The van der Waals surface area contributed by atoms with Gasteiger partial charge in [0.1, 0.15) is 0 Å². The van der Waals surface area contributed by atoms with Crippen LogP contribution in [0.5, 0.6) is 0 Å². The zero-order valence-electron chi connectivity index (χ0n) is 10.2. The van der Waals surface area contributed by atoms with Gasteiger partial charge in [-0.2, -0.15) is 0 Å². The van der Waals surface area contributed by atoms with Crippen LogP contribution < -0.4 is 5.32 Å². The highest BCUT2D eigenvalue weighted by Gasteiger charge is 2.09. The Morgan fingerprint density at radius 1 is 1.07 bits per heavy atom. The maximum absolute atomic E-state index is 8.86. The largest absolute Gasteiger partial charge is 0.396 e. The van der Waals surface area contributed by atoms with Crippen LogP contribution in [0.25, 0.3) is 0 Å². The van der Waals surface area contributed by atoms with E-state index in [1.54, 1.807) is 0 Å². The average molecular weight is 201 g/mol. The van der Waals surface area contributed by atoms with Crippen LogP contribution in [0, 0.1) is 5.92 Å². The van der Waals surface area contributed by atoms with E-state index in [4.69, 9.17) is 5.11 Å². The maximum atomic E-state index is 8.86. The van der Waals surface area contributed by atoms with E-state index < -0.39 is 0 Å². The number of hydrogen-bond donors (Lipinski definition) is 2. The van der Waals surface area contributed by atoms with E-state index in [-0.39, 0.29) is 0 Å². The van der Waals surface area contributed by atoms with Gasteiger partial charge in [-0.15, -0.1) is 0 Å². The summed E-state index contributed by atoms with van der Waals surface area (Å²) in [7, 11) is 0. The molecule has 0 saturated heterocycles. The summed E-state index contributed by atoms with van der Waals surface area (Å²) >= 11 is 0. The van der Waals surface area contributed by atoms with Crippen molar-refractivity contribution >= 4 is 0 Å². The van der Waals surface area contributed by atoms with E-state index in [2.05, 4.69) is 33.0 Å². The number of hydrogen-bond acceptors (Lipinski definition) is 2. The van der Waals surface area contributed by atoms with Crippen LogP contribution in [0.3, 0.4) is 0 Å². The van der Waals surface area contributed by atoms with E-state index in [1.165, 1.54) is 12.8 Å². The molecule has 0 aliphatic carbocycles. The minimum Gasteiger partial charge on any atom is -0.396 e. The molecule has 2 unspecified atom stereocenters. The van der Waals surface area contributed by atoms with Crippen LogP contribution in [0.4, 0.5) is 0 Å². The van der Waals surface area contributed by atoms with Crippen molar-refractivity contribution in [2.45, 2.75) is 65.5 Å². The van der Waals surface area contributed by atoms with Crippen molar-refractivity contribution < 1.29 is 5.11 Å². The van der Waals surface area contributed by atoms with Crippen molar-refractivity contribution in [3.05, 3.63) is 0 Å². The van der Waals surface area contributed by atoms with Gasteiger partial charge in [-0.1, -0.05) is 20.8 Å². The molecule has 2 N–H and O–H groups in total. The number of aliphatic hydroxyl groups excluding tert-OH is 1. The van der Waals surface area contributed by atoms with Gasteiger partial charge in [0.2, 0.25) is 0 Å². The normalized spacial score (nSPS) is 15.9. The van der Waals surface area contributed by atoms with Gasteiger partial charge in [-0.3, -0.25) is 0 Å². The smallest absolute Gasteiger partial charge is 0.0445 e. The van der Waals surface area contributed by atoms with E-state index in [0.717, 1.165) is 18.8 Å². The van der Waals surface area contributed by atoms with Gasteiger partial charge < -0.3 is 10.4 Å². The van der Waals surface area contributed by atoms with Crippen LogP contribution >= 0.6 is 0 Å². The fourth-order valence-electron chi connectivity index (χ4n) is 1.63. The van der Waals surface area contributed by atoms with E-state index in [9.17, 15) is 0 Å². The first-order valence-corrected chi connectivity index (χ1v) is 5.97. The Morgan fingerprint density at radius 3 is 2.14 bits per heavy atom. The Bertz CT molecular complexity index is 125. The van der Waals surface area contributed by atoms with Crippen molar-refractivity contribution in [1.82, 2.24) is 5.32 Å². The van der Waals surface area contributed by atoms with Crippen molar-refractivity contribution in [2.75, 3.05) is 6.61 Å². The topological polar surface area (TPSA) is 32.3 Å². The number of rotatable bonds is 8. The molecule has 0 aromatic rings. The van der Waals surface area contributed by atoms with Gasteiger partial charge in [0.05, 0.1) is 0 Å². The fourth-order valence-corrected chi connectivity index (χ4v) is 1.63. The van der Waals surface area contributed by atoms with Crippen LogP contribution in [0.1, 0.15) is 53.4 Å². The molecule has 2 nitrogen and oxygen atoms in total. The predicted octanol–water partition coefficient (Wildman–Crippen LogP) is 2.56. The maximum Gasteiger partial charge on any atom is 0.0445 e. The summed E-state index contributed by atoms with van der Waals surface area (Å²) in [4.78, 5) is 0. The molecule has 0 aliphatic rings. The molecule has 0 amide bonds.